The third-order valence-corrected chi connectivity index (χ3v) is 2.84. The molecular weight excluding hydrogens is 256 g/mol. The third kappa shape index (κ3) is 3.31. The first-order valence-corrected chi connectivity index (χ1v) is 6.37. The van der Waals surface area contributed by atoms with Crippen molar-refractivity contribution in [3.05, 3.63) is 35.7 Å². The van der Waals surface area contributed by atoms with Gasteiger partial charge in [-0.3, -0.25) is 14.5 Å². The summed E-state index contributed by atoms with van der Waals surface area (Å²) in [7, 11) is 3.59. The fourth-order valence-electron chi connectivity index (χ4n) is 1.83. The van der Waals surface area contributed by atoms with E-state index in [4.69, 9.17) is 0 Å². The number of carbonyl (C=O) groups excluding carboxylic acids is 1. The van der Waals surface area contributed by atoms with E-state index < -0.39 is 0 Å². The number of nitrogens with one attached hydrogen (secondary N) is 2. The molecule has 0 atom stereocenters. The quantitative estimate of drug-likeness (QED) is 0.831. The number of carbonyl (C=O) groups is 1. The fourth-order valence-corrected chi connectivity index (χ4v) is 1.83. The molecule has 0 fully saturated rings. The molecule has 0 radical (unpaired) electrons. The fraction of sp³-hybridized carbons (Fsp3) is 0.385. The Morgan fingerprint density at radius 1 is 1.40 bits per heavy atom. The number of hydrogen-bond donors (Lipinski definition) is 2. The van der Waals surface area contributed by atoms with E-state index in [-0.39, 0.29) is 5.91 Å². The molecule has 0 saturated heterocycles. The van der Waals surface area contributed by atoms with Crippen LogP contribution < -0.4 is 10.6 Å². The molecule has 0 unspecified atom stereocenters. The van der Waals surface area contributed by atoms with Gasteiger partial charge >= 0.3 is 0 Å². The van der Waals surface area contributed by atoms with Crippen molar-refractivity contribution in [2.75, 3.05) is 18.9 Å². The summed E-state index contributed by atoms with van der Waals surface area (Å²) < 4.78 is 1.64. The molecule has 7 heteroatoms. The Kier molecular flexibility index (Phi) is 4.29. The zero-order chi connectivity index (χ0) is 14.5. The summed E-state index contributed by atoms with van der Waals surface area (Å²) in [4.78, 5) is 20.4. The van der Waals surface area contributed by atoms with Crippen LogP contribution in [-0.2, 0) is 13.5 Å². The number of amides is 1. The van der Waals surface area contributed by atoms with Crippen molar-refractivity contribution in [2.45, 2.75) is 13.3 Å². The summed E-state index contributed by atoms with van der Waals surface area (Å²) >= 11 is 0. The number of hydrogen-bond acceptors (Lipinski definition) is 5. The van der Waals surface area contributed by atoms with Crippen LogP contribution in [0.25, 0.3) is 0 Å². The molecule has 2 N–H and O–H groups in total. The van der Waals surface area contributed by atoms with Crippen LogP contribution in [0.3, 0.4) is 0 Å². The van der Waals surface area contributed by atoms with E-state index in [0.717, 1.165) is 11.4 Å². The first kappa shape index (κ1) is 14.0. The minimum atomic E-state index is -0.155. The van der Waals surface area contributed by atoms with E-state index in [1.54, 1.807) is 24.3 Å². The van der Waals surface area contributed by atoms with Gasteiger partial charge in [-0.25, -0.2) is 4.98 Å². The van der Waals surface area contributed by atoms with E-state index in [0.29, 0.717) is 24.4 Å². The molecule has 0 spiro atoms. The molecule has 2 aromatic rings. The maximum atomic E-state index is 12.1. The molecule has 20 heavy (non-hydrogen) atoms. The number of pyridine rings is 1. The zero-order valence-electron chi connectivity index (χ0n) is 11.8. The second kappa shape index (κ2) is 6.14. The van der Waals surface area contributed by atoms with Crippen LogP contribution in [0.1, 0.15) is 21.9 Å². The maximum Gasteiger partial charge on any atom is 0.254 e. The van der Waals surface area contributed by atoms with Crippen molar-refractivity contribution in [3.63, 3.8) is 0 Å². The van der Waals surface area contributed by atoms with Gasteiger partial charge in [-0.2, -0.15) is 5.10 Å². The van der Waals surface area contributed by atoms with E-state index in [2.05, 4.69) is 25.7 Å². The number of aryl methyl sites for hydroxylation is 2. The van der Waals surface area contributed by atoms with E-state index in [1.165, 1.54) is 0 Å². The van der Waals surface area contributed by atoms with E-state index in [9.17, 15) is 4.79 Å². The molecule has 2 heterocycles. The predicted molar refractivity (Wildman–Crippen MR) is 75.6 cm³/mol. The van der Waals surface area contributed by atoms with Crippen LogP contribution in [0.15, 0.2) is 18.6 Å². The molecule has 0 aromatic carbocycles. The number of rotatable bonds is 5. The maximum absolute atomic E-state index is 12.1. The van der Waals surface area contributed by atoms with Gasteiger partial charge in [0.2, 0.25) is 0 Å². The summed E-state index contributed by atoms with van der Waals surface area (Å²) in [5.41, 5.74) is 2.17. The van der Waals surface area contributed by atoms with Gasteiger partial charge < -0.3 is 10.6 Å². The highest BCUT2D eigenvalue weighted by molar-refractivity contribution is 5.99. The lowest BCUT2D eigenvalue weighted by atomic mass is 10.2. The smallest absolute Gasteiger partial charge is 0.254 e. The second-order valence-corrected chi connectivity index (χ2v) is 4.46. The molecule has 106 valence electrons. The predicted octanol–water partition coefficient (Wildman–Crippen LogP) is 0.533. The Morgan fingerprint density at radius 2 is 2.20 bits per heavy atom. The average Bonchev–Trinajstić information content (AvgIpc) is 2.84. The highest BCUT2D eigenvalue weighted by Crippen LogP contribution is 2.14. The molecule has 0 aliphatic rings. The van der Waals surface area contributed by atoms with Crippen molar-refractivity contribution in [1.82, 2.24) is 25.1 Å². The van der Waals surface area contributed by atoms with Crippen molar-refractivity contribution in [2.24, 2.45) is 7.05 Å². The van der Waals surface area contributed by atoms with Crippen molar-refractivity contribution >= 4 is 11.6 Å². The molecule has 0 aliphatic heterocycles. The Morgan fingerprint density at radius 3 is 2.85 bits per heavy atom. The summed E-state index contributed by atoms with van der Waals surface area (Å²) in [5.74, 6) is 0.557. The lowest BCUT2D eigenvalue weighted by molar-refractivity contribution is 0.0954. The van der Waals surface area contributed by atoms with Crippen LogP contribution in [0.4, 0.5) is 5.69 Å². The molecule has 0 aliphatic carbocycles. The molecule has 7 nitrogen and oxygen atoms in total. The topological polar surface area (TPSA) is 84.7 Å². The molecule has 0 saturated carbocycles. The minimum Gasteiger partial charge on any atom is -0.387 e. The number of anilines is 1. The minimum absolute atomic E-state index is 0.155. The lowest BCUT2D eigenvalue weighted by Crippen LogP contribution is -2.27. The zero-order valence-corrected chi connectivity index (χ0v) is 11.8. The molecule has 0 bridgehead atoms. The van der Waals surface area contributed by atoms with Gasteiger partial charge in [-0.15, -0.1) is 0 Å². The summed E-state index contributed by atoms with van der Waals surface area (Å²) in [6, 6.07) is 1.84. The summed E-state index contributed by atoms with van der Waals surface area (Å²) in [6.07, 6.45) is 3.82. The monoisotopic (exact) mass is 274 g/mol. The Balaban J connectivity index is 1.95. The molecular formula is C13H18N6O. The Hall–Kier alpha value is -2.44. The number of aromatic nitrogens is 4. The first-order chi connectivity index (χ1) is 9.60. The van der Waals surface area contributed by atoms with Gasteiger partial charge in [0, 0.05) is 39.0 Å². The average molecular weight is 274 g/mol. The highest BCUT2D eigenvalue weighted by Gasteiger charge is 2.11. The van der Waals surface area contributed by atoms with Gasteiger partial charge in [-0.05, 0) is 13.0 Å². The van der Waals surface area contributed by atoms with Crippen LogP contribution in [0, 0.1) is 6.92 Å². The van der Waals surface area contributed by atoms with Crippen LogP contribution in [0.5, 0.6) is 0 Å². The Labute approximate surface area is 117 Å². The van der Waals surface area contributed by atoms with Gasteiger partial charge in [0.15, 0.2) is 5.82 Å². The van der Waals surface area contributed by atoms with E-state index >= 15 is 0 Å². The second-order valence-electron chi connectivity index (χ2n) is 4.46. The van der Waals surface area contributed by atoms with Crippen molar-refractivity contribution in [1.29, 1.82) is 0 Å². The lowest BCUT2D eigenvalue weighted by Gasteiger charge is -2.09. The highest BCUT2D eigenvalue weighted by atomic mass is 16.1. The standard InChI is InChI=1S/C13H18N6O/c1-9-6-11(14-2)10(7-16-9)13(20)15-5-4-12-17-8-19(3)18-12/h6-8H,4-5H2,1-3H3,(H,14,16)(H,15,20). The van der Waals surface area contributed by atoms with Crippen molar-refractivity contribution < 1.29 is 4.79 Å². The third-order valence-electron chi connectivity index (χ3n) is 2.84. The SMILES string of the molecule is CNc1cc(C)ncc1C(=O)NCCc1ncn(C)n1. The van der Waals surface area contributed by atoms with Gasteiger partial charge in [0.05, 0.1) is 11.3 Å². The largest absolute Gasteiger partial charge is 0.387 e. The Bertz CT molecular complexity index is 607. The van der Waals surface area contributed by atoms with Crippen molar-refractivity contribution in [3.8, 4) is 0 Å². The summed E-state index contributed by atoms with van der Waals surface area (Å²) in [6.45, 7) is 2.37. The first-order valence-electron chi connectivity index (χ1n) is 6.37. The van der Waals surface area contributed by atoms with Crippen LogP contribution in [-0.4, -0.2) is 39.2 Å². The van der Waals surface area contributed by atoms with Gasteiger partial charge in [0.1, 0.15) is 6.33 Å². The number of nitrogens with zero attached hydrogens (tertiary/aromatic N) is 4. The van der Waals surface area contributed by atoms with Crippen LogP contribution >= 0.6 is 0 Å². The molecule has 2 aromatic heterocycles. The molecule has 1 amide bonds. The summed E-state index contributed by atoms with van der Waals surface area (Å²) in [5, 5.41) is 10.00. The van der Waals surface area contributed by atoms with Crippen LogP contribution in [0.2, 0.25) is 0 Å². The van der Waals surface area contributed by atoms with Gasteiger partial charge in [0.25, 0.3) is 5.91 Å². The van der Waals surface area contributed by atoms with Gasteiger partial charge in [-0.1, -0.05) is 0 Å². The normalized spacial score (nSPS) is 10.3. The van der Waals surface area contributed by atoms with E-state index in [1.807, 2.05) is 20.0 Å². The molecule has 2 rings (SSSR count).